The number of phenols is 1. The van der Waals surface area contributed by atoms with Crippen LogP contribution in [0.4, 0.5) is 11.4 Å². The maximum atomic E-state index is 12.9. The summed E-state index contributed by atoms with van der Waals surface area (Å²) in [6, 6.07) is 15.6. The molecule has 31 heavy (non-hydrogen) atoms. The van der Waals surface area contributed by atoms with E-state index >= 15 is 0 Å². The summed E-state index contributed by atoms with van der Waals surface area (Å²) in [7, 11) is 0. The number of benzene rings is 2. The van der Waals surface area contributed by atoms with Crippen molar-refractivity contribution in [2.75, 3.05) is 42.9 Å². The minimum atomic E-state index is -0.366. The van der Waals surface area contributed by atoms with Crippen molar-refractivity contribution in [3.8, 4) is 17.1 Å². The third-order valence-corrected chi connectivity index (χ3v) is 5.77. The first-order chi connectivity index (χ1) is 15.1. The summed E-state index contributed by atoms with van der Waals surface area (Å²) in [5.41, 5.74) is 2.03. The van der Waals surface area contributed by atoms with Crippen LogP contribution in [0.1, 0.15) is 23.9 Å². The van der Waals surface area contributed by atoms with Crippen molar-refractivity contribution in [1.29, 1.82) is 0 Å². The zero-order valence-electron chi connectivity index (χ0n) is 17.5. The Morgan fingerprint density at radius 3 is 2.58 bits per heavy atom. The van der Waals surface area contributed by atoms with E-state index in [2.05, 4.69) is 22.0 Å². The van der Waals surface area contributed by atoms with Crippen LogP contribution in [0.5, 0.6) is 5.75 Å². The minimum absolute atomic E-state index is 0.100. The number of phenolic OH excluding ortho intramolecular Hbond substituents is 1. The van der Waals surface area contributed by atoms with Crippen LogP contribution < -0.4 is 10.2 Å². The van der Waals surface area contributed by atoms with Gasteiger partial charge in [-0.2, -0.15) is 0 Å². The number of piperazine rings is 1. The lowest BCUT2D eigenvalue weighted by Gasteiger charge is -2.37. The first-order valence-electron chi connectivity index (χ1n) is 10.5. The highest BCUT2D eigenvalue weighted by Crippen LogP contribution is 2.35. The molecular formula is C24H26ClN3O3. The number of furan rings is 1. The van der Waals surface area contributed by atoms with Crippen molar-refractivity contribution in [2.24, 2.45) is 0 Å². The summed E-state index contributed by atoms with van der Waals surface area (Å²) in [5, 5.41) is 13.6. The lowest BCUT2D eigenvalue weighted by molar-refractivity contribution is 0.0997. The van der Waals surface area contributed by atoms with Gasteiger partial charge < -0.3 is 19.7 Å². The maximum Gasteiger partial charge on any atom is 0.291 e. The van der Waals surface area contributed by atoms with E-state index < -0.39 is 0 Å². The van der Waals surface area contributed by atoms with E-state index in [1.807, 2.05) is 18.2 Å². The van der Waals surface area contributed by atoms with Crippen molar-refractivity contribution < 1.29 is 14.3 Å². The van der Waals surface area contributed by atoms with Gasteiger partial charge in [-0.15, -0.1) is 0 Å². The van der Waals surface area contributed by atoms with Crippen LogP contribution in [0, 0.1) is 0 Å². The average Bonchev–Trinajstić information content (AvgIpc) is 3.25. The first kappa shape index (κ1) is 21.3. The summed E-state index contributed by atoms with van der Waals surface area (Å²) >= 11 is 6.53. The van der Waals surface area contributed by atoms with Gasteiger partial charge in [-0.1, -0.05) is 36.7 Å². The Morgan fingerprint density at radius 1 is 1.06 bits per heavy atom. The molecule has 3 aromatic rings. The molecule has 0 bridgehead atoms. The fraction of sp³-hybridized carbons (Fsp3) is 0.292. The molecule has 2 N–H and O–H groups in total. The van der Waals surface area contributed by atoms with Crippen LogP contribution in [0.3, 0.4) is 0 Å². The molecule has 1 fully saturated rings. The number of nitrogens with zero attached hydrogens (tertiary/aromatic N) is 2. The topological polar surface area (TPSA) is 69.0 Å². The number of aromatic hydroxyl groups is 1. The summed E-state index contributed by atoms with van der Waals surface area (Å²) in [6.45, 7) is 6.92. The van der Waals surface area contributed by atoms with Crippen LogP contribution in [-0.4, -0.2) is 48.6 Å². The van der Waals surface area contributed by atoms with E-state index in [-0.39, 0.29) is 17.4 Å². The number of carbonyl (C=O) groups excluding carboxylic acids is 1. The van der Waals surface area contributed by atoms with E-state index in [0.29, 0.717) is 22.0 Å². The normalized spacial score (nSPS) is 14.6. The highest BCUT2D eigenvalue weighted by molar-refractivity contribution is 6.34. The van der Waals surface area contributed by atoms with Crippen molar-refractivity contribution in [3.63, 3.8) is 0 Å². The molecule has 1 aliphatic heterocycles. The molecule has 0 aliphatic carbocycles. The Bertz CT molecular complexity index is 1060. The Balaban J connectivity index is 1.52. The Kier molecular flexibility index (Phi) is 6.49. The SMILES string of the molecule is CCCN1CCN(c2c(Cl)cccc2NC(=O)c2ccc(-c3ccccc3O)o2)CC1. The van der Waals surface area contributed by atoms with Gasteiger partial charge in [-0.25, -0.2) is 0 Å². The van der Waals surface area contributed by atoms with Gasteiger partial charge in [-0.3, -0.25) is 9.69 Å². The zero-order valence-corrected chi connectivity index (χ0v) is 18.2. The summed E-state index contributed by atoms with van der Waals surface area (Å²) < 4.78 is 5.72. The van der Waals surface area contributed by atoms with Gasteiger partial charge in [-0.05, 0) is 49.4 Å². The molecule has 4 rings (SSSR count). The molecule has 6 nitrogen and oxygen atoms in total. The van der Waals surface area contributed by atoms with E-state index in [9.17, 15) is 9.90 Å². The Morgan fingerprint density at radius 2 is 1.84 bits per heavy atom. The number of carbonyl (C=O) groups is 1. The zero-order chi connectivity index (χ0) is 21.8. The number of anilines is 2. The predicted octanol–water partition coefficient (Wildman–Crippen LogP) is 5.09. The highest BCUT2D eigenvalue weighted by atomic mass is 35.5. The highest BCUT2D eigenvalue weighted by Gasteiger charge is 2.23. The number of rotatable bonds is 6. The van der Waals surface area contributed by atoms with Gasteiger partial charge in [0.1, 0.15) is 11.5 Å². The minimum Gasteiger partial charge on any atom is -0.507 e. The second kappa shape index (κ2) is 9.45. The quantitative estimate of drug-likeness (QED) is 0.559. The number of para-hydroxylation sites is 2. The van der Waals surface area contributed by atoms with Gasteiger partial charge >= 0.3 is 0 Å². The average molecular weight is 440 g/mol. The standard InChI is InChI=1S/C24H26ClN3O3/c1-2-12-27-13-15-28(16-14-27)23-18(25)7-5-8-19(23)26-24(30)22-11-10-21(31-22)17-6-3-4-9-20(17)29/h3-11,29H,2,12-16H2,1H3,(H,26,30). The molecule has 0 spiro atoms. The predicted molar refractivity (Wildman–Crippen MR) is 124 cm³/mol. The second-order valence-corrected chi connectivity index (χ2v) is 8.01. The largest absolute Gasteiger partial charge is 0.507 e. The fourth-order valence-electron chi connectivity index (χ4n) is 3.92. The van der Waals surface area contributed by atoms with Gasteiger partial charge in [0.2, 0.25) is 0 Å². The third kappa shape index (κ3) is 4.70. The molecule has 2 aromatic carbocycles. The summed E-state index contributed by atoms with van der Waals surface area (Å²) in [6.07, 6.45) is 1.14. The van der Waals surface area contributed by atoms with Gasteiger partial charge in [0.05, 0.1) is 22.0 Å². The molecular weight excluding hydrogens is 414 g/mol. The van der Waals surface area contributed by atoms with E-state index in [1.54, 1.807) is 36.4 Å². The van der Waals surface area contributed by atoms with Gasteiger partial charge in [0, 0.05) is 26.2 Å². The summed E-state index contributed by atoms with van der Waals surface area (Å²) in [5.74, 6) is 0.330. The lowest BCUT2D eigenvalue weighted by atomic mass is 10.1. The number of hydrogen-bond acceptors (Lipinski definition) is 5. The first-order valence-corrected chi connectivity index (χ1v) is 10.9. The second-order valence-electron chi connectivity index (χ2n) is 7.60. The molecule has 1 amide bonds. The van der Waals surface area contributed by atoms with Crippen LogP contribution in [-0.2, 0) is 0 Å². The molecule has 162 valence electrons. The van der Waals surface area contributed by atoms with Crippen LogP contribution in [0.25, 0.3) is 11.3 Å². The molecule has 0 unspecified atom stereocenters. The smallest absolute Gasteiger partial charge is 0.291 e. The molecule has 0 radical (unpaired) electrons. The van der Waals surface area contributed by atoms with E-state index in [1.165, 1.54) is 0 Å². The monoisotopic (exact) mass is 439 g/mol. The molecule has 1 aliphatic rings. The van der Waals surface area contributed by atoms with Crippen LogP contribution in [0.2, 0.25) is 5.02 Å². The van der Waals surface area contributed by atoms with Crippen molar-refractivity contribution >= 4 is 28.9 Å². The van der Waals surface area contributed by atoms with Crippen LogP contribution >= 0.6 is 11.6 Å². The summed E-state index contributed by atoms with van der Waals surface area (Å²) in [4.78, 5) is 17.6. The van der Waals surface area contributed by atoms with Gasteiger partial charge in [0.25, 0.3) is 5.91 Å². The molecule has 0 saturated carbocycles. The Labute approximate surface area is 187 Å². The lowest BCUT2D eigenvalue weighted by Crippen LogP contribution is -2.46. The van der Waals surface area contributed by atoms with Crippen LogP contribution in [0.15, 0.2) is 59.0 Å². The van der Waals surface area contributed by atoms with Gasteiger partial charge in [0.15, 0.2) is 5.76 Å². The molecule has 7 heteroatoms. The Hall–Kier alpha value is -2.96. The van der Waals surface area contributed by atoms with E-state index in [4.69, 9.17) is 16.0 Å². The molecule has 1 aromatic heterocycles. The molecule has 0 atom stereocenters. The number of amides is 1. The van der Waals surface area contributed by atoms with Crippen molar-refractivity contribution in [2.45, 2.75) is 13.3 Å². The third-order valence-electron chi connectivity index (χ3n) is 5.46. The number of nitrogens with one attached hydrogen (secondary N) is 1. The maximum absolute atomic E-state index is 12.9. The molecule has 1 saturated heterocycles. The number of halogens is 1. The van der Waals surface area contributed by atoms with Crippen molar-refractivity contribution in [3.05, 3.63) is 65.4 Å². The molecule has 2 heterocycles. The van der Waals surface area contributed by atoms with Crippen molar-refractivity contribution in [1.82, 2.24) is 4.90 Å². The number of hydrogen-bond donors (Lipinski definition) is 2. The fourth-order valence-corrected chi connectivity index (χ4v) is 4.21. The van der Waals surface area contributed by atoms with E-state index in [0.717, 1.165) is 44.8 Å².